The van der Waals surface area contributed by atoms with E-state index in [1.165, 1.54) is 102 Å². The minimum Gasteiger partial charge on any atom is -0.0840 e. The normalized spacial score (nSPS) is 12.7. The van der Waals surface area contributed by atoms with Crippen LogP contribution in [-0.4, -0.2) is 0 Å². The van der Waals surface area contributed by atoms with Crippen LogP contribution in [-0.2, 0) is 0 Å². The van der Waals surface area contributed by atoms with Crippen molar-refractivity contribution in [3.05, 3.63) is 36.0 Å². The molecule has 0 aliphatic heterocycles. The summed E-state index contributed by atoms with van der Waals surface area (Å²) < 4.78 is 0. The average molecular weight is 333 g/mol. The quantitative estimate of drug-likeness (QED) is 0.184. The zero-order chi connectivity index (χ0) is 17.7. The maximum atomic E-state index is 2.45. The lowest BCUT2D eigenvalue weighted by Crippen LogP contribution is -1.80. The molecule has 0 heteroatoms. The van der Waals surface area contributed by atoms with Gasteiger partial charge in [-0.05, 0) is 37.7 Å². The predicted molar refractivity (Wildman–Crippen MR) is 113 cm³/mol. The molecular weight excluding hydrogens is 288 g/mol. The number of unbranched alkanes of at least 4 members (excludes halogenated alkanes) is 12. The molecule has 140 valence electrons. The highest BCUT2D eigenvalue weighted by Crippen LogP contribution is 2.11. The molecule has 0 amide bonds. The topological polar surface area (TPSA) is 0 Å². The predicted octanol–water partition coefficient (Wildman–Crippen LogP) is 8.94. The second kappa shape index (κ2) is 20.3. The minimum atomic E-state index is 1.22. The molecule has 0 aliphatic carbocycles. The molecule has 0 saturated heterocycles. The molecule has 0 nitrogen and oxygen atoms in total. The van der Waals surface area contributed by atoms with Crippen LogP contribution in [0.2, 0.25) is 0 Å². The van der Waals surface area contributed by atoms with Crippen molar-refractivity contribution in [1.82, 2.24) is 0 Å². The Morgan fingerprint density at radius 3 is 1.58 bits per heavy atom. The molecule has 0 saturated carbocycles. The number of hydrogen-bond acceptors (Lipinski definition) is 0. The second-order valence-corrected chi connectivity index (χ2v) is 7.06. The molecule has 0 rings (SSSR count). The molecule has 0 aromatic carbocycles. The third-order valence-corrected chi connectivity index (χ3v) is 4.51. The molecule has 0 bridgehead atoms. The first-order valence-electron chi connectivity index (χ1n) is 10.9. The molecule has 0 N–H and O–H groups in total. The molecule has 0 heterocycles. The summed E-state index contributed by atoms with van der Waals surface area (Å²) in [5.74, 6) is 0. The van der Waals surface area contributed by atoms with Crippen LogP contribution in [0.4, 0.5) is 0 Å². The van der Waals surface area contributed by atoms with Crippen LogP contribution in [0.3, 0.4) is 0 Å². The van der Waals surface area contributed by atoms with Crippen molar-refractivity contribution in [3.63, 3.8) is 0 Å². The maximum absolute atomic E-state index is 2.45. The van der Waals surface area contributed by atoms with Gasteiger partial charge in [-0.1, -0.05) is 115 Å². The Bertz CT molecular complexity index is 319. The summed E-state index contributed by atoms with van der Waals surface area (Å²) in [5.41, 5.74) is 1.43. The summed E-state index contributed by atoms with van der Waals surface area (Å²) in [7, 11) is 0. The molecule has 0 spiro atoms. The third-order valence-electron chi connectivity index (χ3n) is 4.51. The minimum absolute atomic E-state index is 1.22. The lowest BCUT2D eigenvalue weighted by atomic mass is 10.1. The van der Waals surface area contributed by atoms with Crippen LogP contribution in [0.15, 0.2) is 36.0 Å². The highest BCUT2D eigenvalue weighted by Gasteiger charge is 1.91. The Kier molecular flexibility index (Phi) is 19.6. The molecule has 0 unspecified atom stereocenters. The van der Waals surface area contributed by atoms with Crippen LogP contribution in [0.25, 0.3) is 0 Å². The van der Waals surface area contributed by atoms with Gasteiger partial charge in [0.1, 0.15) is 0 Å². The molecule has 0 fully saturated rings. The summed E-state index contributed by atoms with van der Waals surface area (Å²) in [6, 6.07) is 0. The summed E-state index contributed by atoms with van der Waals surface area (Å²) in [6.45, 7) is 6.83. The van der Waals surface area contributed by atoms with Gasteiger partial charge in [0, 0.05) is 0 Å². The summed E-state index contributed by atoms with van der Waals surface area (Å²) in [4.78, 5) is 0. The van der Waals surface area contributed by atoms with Gasteiger partial charge >= 0.3 is 0 Å². The van der Waals surface area contributed by atoms with Gasteiger partial charge in [0.25, 0.3) is 0 Å². The molecule has 0 aromatic heterocycles. The van der Waals surface area contributed by atoms with Crippen LogP contribution < -0.4 is 0 Å². The van der Waals surface area contributed by atoms with Gasteiger partial charge in [0.05, 0.1) is 0 Å². The van der Waals surface area contributed by atoms with Gasteiger partial charge in [-0.2, -0.15) is 0 Å². The van der Waals surface area contributed by atoms with E-state index in [9.17, 15) is 0 Å². The lowest BCUT2D eigenvalue weighted by molar-refractivity contribution is 0.611. The Balaban J connectivity index is 4.12. The zero-order valence-electron chi connectivity index (χ0n) is 17.0. The van der Waals surface area contributed by atoms with Gasteiger partial charge in [-0.3, -0.25) is 0 Å². The van der Waals surface area contributed by atoms with Crippen molar-refractivity contribution in [2.75, 3.05) is 0 Å². The van der Waals surface area contributed by atoms with Gasteiger partial charge in [-0.25, -0.2) is 0 Å². The van der Waals surface area contributed by atoms with Crippen molar-refractivity contribution < 1.29 is 0 Å². The van der Waals surface area contributed by atoms with Gasteiger partial charge in [0.2, 0.25) is 0 Å². The summed E-state index contributed by atoms with van der Waals surface area (Å²) in [6.07, 6.45) is 31.9. The summed E-state index contributed by atoms with van der Waals surface area (Å²) in [5, 5.41) is 0. The first-order chi connectivity index (χ1) is 11.8. The van der Waals surface area contributed by atoms with Crippen LogP contribution in [0, 0.1) is 0 Å². The molecule has 24 heavy (non-hydrogen) atoms. The fraction of sp³-hybridized carbons (Fsp3) is 0.750. The fourth-order valence-corrected chi connectivity index (χ4v) is 2.83. The van der Waals surface area contributed by atoms with Crippen molar-refractivity contribution in [3.8, 4) is 0 Å². The van der Waals surface area contributed by atoms with Crippen molar-refractivity contribution in [2.24, 2.45) is 0 Å². The molecule has 0 atom stereocenters. The standard InChI is InChI=1S/C24H44/c1-4-7-10-13-15-17-20-23-24(21-18-12-9-6-3)22-19-16-14-11-8-5-2/h18-19,21-23H,4-17,20H2,1-3H3. The molecular formula is C24H44. The molecule has 0 aliphatic rings. The van der Waals surface area contributed by atoms with Crippen molar-refractivity contribution in [1.29, 1.82) is 0 Å². The zero-order valence-corrected chi connectivity index (χ0v) is 17.0. The van der Waals surface area contributed by atoms with E-state index >= 15 is 0 Å². The third kappa shape index (κ3) is 17.6. The smallest absolute Gasteiger partial charge is 0.0303 e. The second-order valence-electron chi connectivity index (χ2n) is 7.06. The Hall–Kier alpha value is -0.780. The lowest BCUT2D eigenvalue weighted by Gasteiger charge is -2.00. The van der Waals surface area contributed by atoms with E-state index in [0.717, 1.165) is 0 Å². The number of hydrogen-bond donors (Lipinski definition) is 0. The SMILES string of the molecule is CCCCC=CC(C=CCCCCCC)=CCCCCCCCC. The molecule has 0 radical (unpaired) electrons. The van der Waals surface area contributed by atoms with Gasteiger partial charge < -0.3 is 0 Å². The highest BCUT2D eigenvalue weighted by atomic mass is 14.0. The van der Waals surface area contributed by atoms with Gasteiger partial charge in [0.15, 0.2) is 0 Å². The summed E-state index contributed by atoms with van der Waals surface area (Å²) >= 11 is 0. The monoisotopic (exact) mass is 332 g/mol. The van der Waals surface area contributed by atoms with E-state index < -0.39 is 0 Å². The Morgan fingerprint density at radius 1 is 0.500 bits per heavy atom. The van der Waals surface area contributed by atoms with E-state index in [4.69, 9.17) is 0 Å². The van der Waals surface area contributed by atoms with E-state index in [1.54, 1.807) is 0 Å². The first-order valence-corrected chi connectivity index (χ1v) is 10.9. The van der Waals surface area contributed by atoms with Crippen molar-refractivity contribution in [2.45, 2.75) is 117 Å². The Labute approximate surface area is 153 Å². The van der Waals surface area contributed by atoms with E-state index in [-0.39, 0.29) is 0 Å². The van der Waals surface area contributed by atoms with Crippen LogP contribution >= 0.6 is 0 Å². The van der Waals surface area contributed by atoms with E-state index in [2.05, 4.69) is 51.2 Å². The molecule has 0 aromatic rings. The fourth-order valence-electron chi connectivity index (χ4n) is 2.83. The number of rotatable bonds is 17. The van der Waals surface area contributed by atoms with Crippen molar-refractivity contribution >= 4 is 0 Å². The van der Waals surface area contributed by atoms with Crippen LogP contribution in [0.5, 0.6) is 0 Å². The highest BCUT2D eigenvalue weighted by molar-refractivity contribution is 5.30. The maximum Gasteiger partial charge on any atom is -0.0303 e. The van der Waals surface area contributed by atoms with E-state index in [0.29, 0.717) is 0 Å². The number of allylic oxidation sites excluding steroid dienone is 6. The largest absolute Gasteiger partial charge is 0.0840 e. The van der Waals surface area contributed by atoms with Crippen LogP contribution in [0.1, 0.15) is 117 Å². The van der Waals surface area contributed by atoms with E-state index in [1.807, 2.05) is 0 Å². The van der Waals surface area contributed by atoms with Gasteiger partial charge in [-0.15, -0.1) is 0 Å². The Morgan fingerprint density at radius 2 is 0.958 bits per heavy atom. The first kappa shape index (κ1) is 23.2. The average Bonchev–Trinajstić information content (AvgIpc) is 2.60.